The zero-order chi connectivity index (χ0) is 18.3. The lowest BCUT2D eigenvalue weighted by atomic mass is 9.95. The summed E-state index contributed by atoms with van der Waals surface area (Å²) >= 11 is 5.14. The van der Waals surface area contributed by atoms with E-state index >= 15 is 0 Å². The second-order valence-electron chi connectivity index (χ2n) is 5.50. The zero-order valence-electron chi connectivity index (χ0n) is 12.5. The molecule has 6 nitrogen and oxygen atoms in total. The largest absolute Gasteiger partial charge is 0.417 e. The maximum Gasteiger partial charge on any atom is 0.417 e. The van der Waals surface area contributed by atoms with Crippen LogP contribution in [0, 0.1) is 16.7 Å². The van der Waals surface area contributed by atoms with Gasteiger partial charge in [0.15, 0.2) is 5.84 Å². The SMILES string of the molecule is C[N+]1(c2ccc(C#N)c(C(F)(F)F)c2)C(=S)NC(=N)C1(CO)CO. The molecule has 1 atom stereocenters. The number of hydrogen-bond acceptors (Lipinski definition) is 5. The van der Waals surface area contributed by atoms with Crippen molar-refractivity contribution in [2.24, 2.45) is 0 Å². The van der Waals surface area contributed by atoms with E-state index in [-0.39, 0.29) is 16.6 Å². The zero-order valence-corrected chi connectivity index (χ0v) is 13.3. The maximum atomic E-state index is 13.2. The summed E-state index contributed by atoms with van der Waals surface area (Å²) in [5.41, 5.74) is -3.35. The minimum Gasteiger partial charge on any atom is -0.389 e. The van der Waals surface area contributed by atoms with Crippen molar-refractivity contribution in [2.75, 3.05) is 20.3 Å². The minimum atomic E-state index is -4.76. The van der Waals surface area contributed by atoms with Crippen LogP contribution in [0.4, 0.5) is 18.9 Å². The topological polar surface area (TPSA) is 100 Å². The first-order valence-electron chi connectivity index (χ1n) is 6.69. The summed E-state index contributed by atoms with van der Waals surface area (Å²) in [6.45, 7) is -1.43. The highest BCUT2D eigenvalue weighted by Crippen LogP contribution is 2.40. The number of likely N-dealkylation sites (N-methyl/N-ethyl adjacent to an activating group) is 1. The normalized spacial score (nSPS) is 23.0. The van der Waals surface area contributed by atoms with Gasteiger partial charge in [0.05, 0.1) is 24.2 Å². The molecule has 1 heterocycles. The average Bonchev–Trinajstić information content (AvgIpc) is 2.73. The molecule has 4 N–H and O–H groups in total. The molecule has 1 aromatic carbocycles. The van der Waals surface area contributed by atoms with Gasteiger partial charge < -0.3 is 10.2 Å². The number of hydrogen-bond donors (Lipinski definition) is 4. The molecular formula is C14H14F3N4O2S+. The second-order valence-corrected chi connectivity index (χ2v) is 5.89. The van der Waals surface area contributed by atoms with E-state index in [0.717, 1.165) is 12.1 Å². The van der Waals surface area contributed by atoms with Gasteiger partial charge in [0.25, 0.3) is 5.11 Å². The molecule has 1 aliphatic heterocycles. The molecule has 0 radical (unpaired) electrons. The standard InChI is InChI=1S/C14H13F3N4O2S/c1-21(12(24)20-11(19)13(21,6-22)7-23)9-3-2-8(5-18)10(4-9)14(15,16)17/h2-4,22-23H,6-7H2,1H3,(H-,19,20,24)/p+1. The Labute approximate surface area is 140 Å². The smallest absolute Gasteiger partial charge is 0.389 e. The number of alkyl halides is 3. The van der Waals surface area contributed by atoms with E-state index in [4.69, 9.17) is 22.9 Å². The third-order valence-corrected chi connectivity index (χ3v) is 4.90. The number of nitriles is 1. The summed E-state index contributed by atoms with van der Waals surface area (Å²) in [6, 6.07) is 4.51. The molecule has 0 amide bonds. The van der Waals surface area contributed by atoms with Gasteiger partial charge in [-0.15, -0.1) is 0 Å². The highest BCUT2D eigenvalue weighted by molar-refractivity contribution is 7.80. The van der Waals surface area contributed by atoms with E-state index in [9.17, 15) is 23.4 Å². The summed E-state index contributed by atoms with van der Waals surface area (Å²) in [6.07, 6.45) is -4.76. The molecule has 0 spiro atoms. The summed E-state index contributed by atoms with van der Waals surface area (Å²) in [5.74, 6) is -0.294. The monoisotopic (exact) mass is 359 g/mol. The third kappa shape index (κ3) is 2.29. The number of amidine groups is 1. The summed E-state index contributed by atoms with van der Waals surface area (Å²) < 4.78 is 39.0. The Morgan fingerprint density at radius 2 is 1.96 bits per heavy atom. The molecule has 1 aromatic rings. The second kappa shape index (κ2) is 5.78. The number of thiocarbonyl (C=S) groups is 1. The van der Waals surface area contributed by atoms with Crippen molar-refractivity contribution in [3.05, 3.63) is 29.3 Å². The number of aliphatic hydroxyl groups excluding tert-OH is 2. The van der Waals surface area contributed by atoms with Crippen LogP contribution in [-0.4, -0.2) is 47.0 Å². The van der Waals surface area contributed by atoms with Crippen molar-refractivity contribution < 1.29 is 23.4 Å². The van der Waals surface area contributed by atoms with E-state index < -0.39 is 40.5 Å². The van der Waals surface area contributed by atoms with E-state index in [1.165, 1.54) is 19.2 Å². The van der Waals surface area contributed by atoms with Crippen molar-refractivity contribution in [3.8, 4) is 6.07 Å². The van der Waals surface area contributed by atoms with Crippen molar-refractivity contribution in [1.82, 2.24) is 9.80 Å². The summed E-state index contributed by atoms with van der Waals surface area (Å²) in [4.78, 5) is 0. The van der Waals surface area contributed by atoms with E-state index in [1.54, 1.807) is 0 Å². The summed E-state index contributed by atoms with van der Waals surface area (Å²) in [7, 11) is 1.39. The Bertz CT molecular complexity index is 755. The van der Waals surface area contributed by atoms with Crippen LogP contribution in [0.2, 0.25) is 0 Å². The Kier molecular flexibility index (Phi) is 4.41. The molecule has 1 fully saturated rings. The fourth-order valence-corrected chi connectivity index (χ4v) is 3.13. The quantitative estimate of drug-likeness (QED) is 0.478. The third-order valence-electron chi connectivity index (χ3n) is 4.43. The molecule has 128 valence electrons. The first-order chi connectivity index (χ1) is 11.1. The van der Waals surface area contributed by atoms with Crippen LogP contribution in [0.25, 0.3) is 0 Å². The predicted molar refractivity (Wildman–Crippen MR) is 84.2 cm³/mol. The molecule has 1 saturated heterocycles. The average molecular weight is 359 g/mol. The van der Waals surface area contributed by atoms with Crippen LogP contribution in [0.5, 0.6) is 0 Å². The minimum absolute atomic E-state index is 0.0100. The van der Waals surface area contributed by atoms with Crippen molar-refractivity contribution in [1.29, 1.82) is 10.7 Å². The molecule has 0 aromatic heterocycles. The molecule has 0 aliphatic carbocycles. The number of rotatable bonds is 3. The van der Waals surface area contributed by atoms with Crippen LogP contribution < -0.4 is 9.80 Å². The van der Waals surface area contributed by atoms with Gasteiger partial charge in [-0.3, -0.25) is 10.7 Å². The highest BCUT2D eigenvalue weighted by atomic mass is 32.1. The van der Waals surface area contributed by atoms with Crippen LogP contribution >= 0.6 is 12.2 Å². The Morgan fingerprint density at radius 1 is 1.38 bits per heavy atom. The lowest BCUT2D eigenvalue weighted by Crippen LogP contribution is -2.67. The number of aliphatic hydroxyl groups is 2. The van der Waals surface area contributed by atoms with Gasteiger partial charge in [0.1, 0.15) is 18.9 Å². The van der Waals surface area contributed by atoms with Gasteiger partial charge in [0, 0.05) is 24.4 Å². The van der Waals surface area contributed by atoms with Crippen molar-refractivity contribution >= 4 is 28.9 Å². The van der Waals surface area contributed by atoms with Gasteiger partial charge in [-0.25, -0.2) is 4.48 Å². The molecule has 1 unspecified atom stereocenters. The van der Waals surface area contributed by atoms with Gasteiger partial charge in [0.2, 0.25) is 5.54 Å². The fourth-order valence-electron chi connectivity index (χ4n) is 2.75. The number of nitrogens with zero attached hydrogens (tertiary/aromatic N) is 2. The lowest BCUT2D eigenvalue weighted by Gasteiger charge is -2.40. The Morgan fingerprint density at radius 3 is 2.42 bits per heavy atom. The molecule has 10 heteroatoms. The first kappa shape index (κ1) is 18.3. The van der Waals surface area contributed by atoms with Crippen molar-refractivity contribution in [3.63, 3.8) is 0 Å². The highest BCUT2D eigenvalue weighted by Gasteiger charge is 2.62. The Balaban J connectivity index is 2.76. The van der Waals surface area contributed by atoms with Crippen LogP contribution in [-0.2, 0) is 6.18 Å². The van der Waals surface area contributed by atoms with Gasteiger partial charge in [-0.1, -0.05) is 0 Å². The van der Waals surface area contributed by atoms with E-state index in [1.807, 2.05) is 0 Å². The van der Waals surface area contributed by atoms with Crippen LogP contribution in [0.3, 0.4) is 0 Å². The maximum absolute atomic E-state index is 13.2. The lowest BCUT2D eigenvalue weighted by molar-refractivity contribution is -0.137. The molecule has 0 saturated carbocycles. The summed E-state index contributed by atoms with van der Waals surface area (Å²) in [5, 5.41) is 38.8. The molecule has 2 rings (SSSR count). The van der Waals surface area contributed by atoms with Crippen LogP contribution in [0.15, 0.2) is 18.2 Å². The number of quaternary nitrogens is 1. The Hall–Kier alpha value is -2.06. The first-order valence-corrected chi connectivity index (χ1v) is 7.10. The molecule has 24 heavy (non-hydrogen) atoms. The van der Waals surface area contributed by atoms with E-state index in [0.29, 0.717) is 0 Å². The predicted octanol–water partition coefficient (Wildman–Crippen LogP) is 1.10. The van der Waals surface area contributed by atoms with Gasteiger partial charge in [-0.2, -0.15) is 18.4 Å². The van der Waals surface area contributed by atoms with E-state index in [2.05, 4.69) is 5.32 Å². The van der Waals surface area contributed by atoms with Crippen LogP contribution in [0.1, 0.15) is 11.1 Å². The number of halogens is 3. The van der Waals surface area contributed by atoms with Crippen molar-refractivity contribution in [2.45, 2.75) is 11.7 Å². The number of benzene rings is 1. The van der Waals surface area contributed by atoms with Gasteiger partial charge >= 0.3 is 6.18 Å². The van der Waals surface area contributed by atoms with Gasteiger partial charge in [-0.05, 0) is 6.07 Å². The fraction of sp³-hybridized carbons (Fsp3) is 0.357. The molecule has 0 bridgehead atoms. The molecule has 1 aliphatic rings. The number of nitrogens with one attached hydrogen (secondary N) is 2. The molecular weight excluding hydrogens is 345 g/mol.